The van der Waals surface area contributed by atoms with Crippen molar-refractivity contribution in [1.82, 2.24) is 4.90 Å². The van der Waals surface area contributed by atoms with Crippen LogP contribution < -0.4 is 9.47 Å². The normalized spacial score (nSPS) is 16.7. The molecule has 0 spiro atoms. The Balaban J connectivity index is 1.34. The molecule has 6 nitrogen and oxygen atoms in total. The average Bonchev–Trinajstić information content (AvgIpc) is 2.83. The lowest BCUT2D eigenvalue weighted by Crippen LogP contribution is -2.27. The first-order chi connectivity index (χ1) is 15.6. The van der Waals surface area contributed by atoms with Crippen LogP contribution in [0.5, 0.6) is 11.5 Å². The summed E-state index contributed by atoms with van der Waals surface area (Å²) >= 11 is 0. The number of benzene rings is 3. The predicted octanol–water partition coefficient (Wildman–Crippen LogP) is 4.18. The van der Waals surface area contributed by atoms with E-state index in [1.807, 2.05) is 54.6 Å². The number of esters is 1. The van der Waals surface area contributed by atoms with E-state index in [2.05, 4.69) is 0 Å². The highest BCUT2D eigenvalue weighted by Crippen LogP contribution is 2.32. The molecule has 0 bridgehead atoms. The Kier molecular flexibility index (Phi) is 5.27. The van der Waals surface area contributed by atoms with Gasteiger partial charge in [-0.1, -0.05) is 36.4 Å². The molecule has 2 aliphatic rings. The van der Waals surface area contributed by atoms with Crippen LogP contribution in [0.3, 0.4) is 0 Å². The summed E-state index contributed by atoms with van der Waals surface area (Å²) in [5.74, 6) is 0.957. The van der Waals surface area contributed by atoms with E-state index in [-0.39, 0.29) is 18.0 Å². The van der Waals surface area contributed by atoms with Crippen LogP contribution in [0, 0.1) is 0 Å². The van der Waals surface area contributed by atoms with Crippen LogP contribution in [0.4, 0.5) is 0 Å². The fourth-order valence-electron chi connectivity index (χ4n) is 4.13. The van der Waals surface area contributed by atoms with Crippen LogP contribution in [0.25, 0.3) is 0 Å². The van der Waals surface area contributed by atoms with Crippen molar-refractivity contribution in [3.05, 3.63) is 94.5 Å². The molecule has 2 aliphatic heterocycles. The molecule has 162 valence electrons. The van der Waals surface area contributed by atoms with Gasteiger partial charge in [-0.05, 0) is 47.0 Å². The van der Waals surface area contributed by atoms with Gasteiger partial charge in [0, 0.05) is 25.6 Å². The highest BCUT2D eigenvalue weighted by molar-refractivity contribution is 5.97. The first-order valence-corrected chi connectivity index (χ1v) is 10.6. The van der Waals surface area contributed by atoms with Crippen LogP contribution in [-0.4, -0.2) is 37.0 Å². The van der Waals surface area contributed by atoms with Crippen LogP contribution in [0.1, 0.15) is 43.5 Å². The topological polar surface area (TPSA) is 65.1 Å². The van der Waals surface area contributed by atoms with Crippen molar-refractivity contribution in [3.8, 4) is 11.5 Å². The summed E-state index contributed by atoms with van der Waals surface area (Å²) in [7, 11) is 1.76. The number of hydrogen-bond acceptors (Lipinski definition) is 5. The summed E-state index contributed by atoms with van der Waals surface area (Å²) < 4.78 is 16.8. The van der Waals surface area contributed by atoms with Gasteiger partial charge in [0.25, 0.3) is 5.91 Å². The molecule has 0 unspecified atom stereocenters. The molecule has 1 amide bonds. The number of amides is 1. The lowest BCUT2D eigenvalue weighted by atomic mass is 9.93. The molecule has 5 rings (SSSR count). The molecule has 1 atom stereocenters. The van der Waals surface area contributed by atoms with E-state index >= 15 is 0 Å². The SMILES string of the molecule is CN(Cc1ccc2c(c1)OCCO2)C(=O)c1ccc2c(c1)C[C@@H](c1ccccc1)OC2=O. The van der Waals surface area contributed by atoms with Crippen molar-refractivity contribution >= 4 is 11.9 Å². The summed E-state index contributed by atoms with van der Waals surface area (Å²) in [4.78, 5) is 27.3. The Morgan fingerprint density at radius 1 is 0.969 bits per heavy atom. The Bertz CT molecular complexity index is 1170. The van der Waals surface area contributed by atoms with Crippen LogP contribution in [0.2, 0.25) is 0 Å². The molecule has 0 radical (unpaired) electrons. The number of cyclic esters (lactones) is 1. The number of carbonyl (C=O) groups is 2. The first kappa shape index (κ1) is 20.1. The second kappa shape index (κ2) is 8.38. The molecule has 3 aromatic rings. The van der Waals surface area contributed by atoms with E-state index in [9.17, 15) is 9.59 Å². The number of rotatable bonds is 4. The Morgan fingerprint density at radius 3 is 2.56 bits per heavy atom. The number of carbonyl (C=O) groups excluding carboxylic acids is 2. The second-order valence-electron chi connectivity index (χ2n) is 8.02. The van der Waals surface area contributed by atoms with Gasteiger partial charge < -0.3 is 19.1 Å². The first-order valence-electron chi connectivity index (χ1n) is 10.6. The monoisotopic (exact) mass is 429 g/mol. The van der Waals surface area contributed by atoms with Crippen molar-refractivity contribution < 1.29 is 23.8 Å². The fourth-order valence-corrected chi connectivity index (χ4v) is 4.13. The number of ether oxygens (including phenoxy) is 3. The highest BCUT2D eigenvalue weighted by Gasteiger charge is 2.28. The third-order valence-corrected chi connectivity index (χ3v) is 5.77. The zero-order valence-electron chi connectivity index (χ0n) is 17.7. The molecule has 0 aromatic heterocycles. The molecule has 0 aliphatic carbocycles. The van der Waals surface area contributed by atoms with Crippen molar-refractivity contribution in [2.45, 2.75) is 19.1 Å². The van der Waals surface area contributed by atoms with Gasteiger partial charge >= 0.3 is 5.97 Å². The average molecular weight is 429 g/mol. The minimum absolute atomic E-state index is 0.113. The van der Waals surface area contributed by atoms with Crippen LogP contribution >= 0.6 is 0 Å². The maximum Gasteiger partial charge on any atom is 0.339 e. The summed E-state index contributed by atoms with van der Waals surface area (Å²) in [5, 5.41) is 0. The summed E-state index contributed by atoms with van der Waals surface area (Å²) in [6.45, 7) is 1.50. The van der Waals surface area contributed by atoms with Crippen molar-refractivity contribution in [2.24, 2.45) is 0 Å². The van der Waals surface area contributed by atoms with E-state index in [1.54, 1.807) is 24.1 Å². The van der Waals surface area contributed by atoms with Gasteiger partial charge in [-0.25, -0.2) is 4.79 Å². The van der Waals surface area contributed by atoms with Crippen molar-refractivity contribution in [1.29, 1.82) is 0 Å². The number of nitrogens with zero attached hydrogens (tertiary/aromatic N) is 1. The van der Waals surface area contributed by atoms with E-state index in [4.69, 9.17) is 14.2 Å². The smallest absolute Gasteiger partial charge is 0.339 e. The quantitative estimate of drug-likeness (QED) is 0.582. The molecular formula is C26H23NO5. The van der Waals surface area contributed by atoms with Gasteiger partial charge in [-0.2, -0.15) is 0 Å². The molecule has 0 N–H and O–H groups in total. The predicted molar refractivity (Wildman–Crippen MR) is 118 cm³/mol. The van der Waals surface area contributed by atoms with E-state index in [0.717, 1.165) is 22.4 Å². The maximum atomic E-state index is 13.1. The van der Waals surface area contributed by atoms with Crippen molar-refractivity contribution in [3.63, 3.8) is 0 Å². The Labute approximate surface area is 186 Å². The third kappa shape index (κ3) is 3.91. The van der Waals surface area contributed by atoms with Crippen LogP contribution in [-0.2, 0) is 17.7 Å². The highest BCUT2D eigenvalue weighted by atomic mass is 16.6. The number of hydrogen-bond donors (Lipinski definition) is 0. The van der Waals surface area contributed by atoms with E-state index in [1.165, 1.54) is 0 Å². The van der Waals surface area contributed by atoms with E-state index < -0.39 is 0 Å². The van der Waals surface area contributed by atoms with Gasteiger partial charge in [0.05, 0.1) is 5.56 Å². The summed E-state index contributed by atoms with van der Waals surface area (Å²) in [6, 6.07) is 20.6. The molecule has 32 heavy (non-hydrogen) atoms. The van der Waals surface area contributed by atoms with E-state index in [0.29, 0.717) is 43.1 Å². The lowest BCUT2D eigenvalue weighted by Gasteiger charge is -2.26. The third-order valence-electron chi connectivity index (χ3n) is 5.77. The molecular weight excluding hydrogens is 406 g/mol. The molecule has 0 saturated carbocycles. The summed E-state index contributed by atoms with van der Waals surface area (Å²) in [5.41, 5.74) is 3.79. The molecule has 0 fully saturated rings. The molecule has 3 aromatic carbocycles. The standard InChI is InChI=1S/C26H23NO5/c1-27(16-17-7-10-22-24(13-17)31-12-11-30-22)25(28)19-8-9-21-20(14-19)15-23(32-26(21)29)18-5-3-2-4-6-18/h2-10,13-14,23H,11-12,15-16H2,1H3/t23-/m0/s1. The van der Waals surface area contributed by atoms with Gasteiger partial charge in [-0.3, -0.25) is 4.79 Å². The Morgan fingerprint density at radius 2 is 1.75 bits per heavy atom. The largest absolute Gasteiger partial charge is 0.486 e. The zero-order valence-corrected chi connectivity index (χ0v) is 17.7. The molecule has 0 saturated heterocycles. The van der Waals surface area contributed by atoms with Gasteiger partial charge in [0.2, 0.25) is 0 Å². The molecule has 6 heteroatoms. The van der Waals surface area contributed by atoms with Crippen molar-refractivity contribution in [2.75, 3.05) is 20.3 Å². The minimum atomic E-state index is -0.358. The fraction of sp³-hybridized carbons (Fsp3) is 0.231. The van der Waals surface area contributed by atoms with Gasteiger partial charge in [0.1, 0.15) is 19.3 Å². The summed E-state index contributed by atoms with van der Waals surface area (Å²) in [6.07, 6.45) is 0.190. The Hall–Kier alpha value is -3.80. The van der Waals surface area contributed by atoms with Gasteiger partial charge in [-0.15, -0.1) is 0 Å². The second-order valence-corrected chi connectivity index (χ2v) is 8.02. The van der Waals surface area contributed by atoms with Crippen LogP contribution in [0.15, 0.2) is 66.7 Å². The number of fused-ring (bicyclic) bond motifs is 2. The minimum Gasteiger partial charge on any atom is -0.486 e. The van der Waals surface area contributed by atoms with Gasteiger partial charge in [0.15, 0.2) is 11.5 Å². The zero-order chi connectivity index (χ0) is 22.1. The lowest BCUT2D eigenvalue weighted by molar-refractivity contribution is 0.0252. The molecule has 2 heterocycles. The maximum absolute atomic E-state index is 13.1.